The van der Waals surface area contributed by atoms with Crippen molar-refractivity contribution in [3.63, 3.8) is 0 Å². The van der Waals surface area contributed by atoms with Crippen molar-refractivity contribution in [2.75, 3.05) is 11.9 Å². The molecule has 0 radical (unpaired) electrons. The van der Waals surface area contributed by atoms with Gasteiger partial charge in [0.1, 0.15) is 18.5 Å². The number of rotatable bonds is 3. The summed E-state index contributed by atoms with van der Waals surface area (Å²) in [5, 5.41) is 6.11. The van der Waals surface area contributed by atoms with Gasteiger partial charge in [-0.15, -0.1) is 0 Å². The third kappa shape index (κ3) is 2.52. The Morgan fingerprint density at radius 2 is 1.68 bits per heavy atom. The summed E-state index contributed by atoms with van der Waals surface area (Å²) in [5.41, 5.74) is 1.51. The normalized spacial score (nSPS) is 17.1. The third-order valence-corrected chi connectivity index (χ3v) is 2.97. The van der Waals surface area contributed by atoms with Crippen LogP contribution < -0.4 is 15.4 Å². The molecule has 2 aromatic rings. The Hall–Kier alpha value is -2.49. The lowest BCUT2D eigenvalue weighted by Crippen LogP contribution is -2.48. The molecule has 1 atom stereocenters. The summed E-state index contributed by atoms with van der Waals surface area (Å²) in [5.74, 6) is 0.716. The van der Waals surface area contributed by atoms with Gasteiger partial charge in [0.2, 0.25) is 0 Å². The van der Waals surface area contributed by atoms with Crippen LogP contribution in [0.1, 0.15) is 10.4 Å². The SMILES string of the molecule is O=C1NC(COc2ccccc2)Nc2ccccc21. The standard InChI is InChI=1S/C15H14N2O2/c18-15-12-8-4-5-9-13(12)16-14(17-15)10-19-11-6-2-1-3-7-11/h1-9,14,16H,10H2,(H,17,18). The lowest BCUT2D eigenvalue weighted by Gasteiger charge is -2.27. The summed E-state index contributed by atoms with van der Waals surface area (Å²) in [6.45, 7) is 0.379. The third-order valence-electron chi connectivity index (χ3n) is 2.97. The first-order valence-electron chi connectivity index (χ1n) is 6.17. The van der Waals surface area contributed by atoms with E-state index in [-0.39, 0.29) is 12.1 Å². The fourth-order valence-electron chi connectivity index (χ4n) is 2.05. The summed E-state index contributed by atoms with van der Waals surface area (Å²) in [6.07, 6.45) is -0.220. The quantitative estimate of drug-likeness (QED) is 0.883. The minimum atomic E-state index is -0.220. The molecule has 0 aromatic heterocycles. The Bertz CT molecular complexity index is 584. The van der Waals surface area contributed by atoms with Crippen molar-refractivity contribution in [1.82, 2.24) is 5.32 Å². The molecule has 2 N–H and O–H groups in total. The van der Waals surface area contributed by atoms with Crippen molar-refractivity contribution in [1.29, 1.82) is 0 Å². The molecule has 1 unspecified atom stereocenters. The Balaban J connectivity index is 1.67. The fourth-order valence-corrected chi connectivity index (χ4v) is 2.05. The van der Waals surface area contributed by atoms with E-state index < -0.39 is 0 Å². The van der Waals surface area contributed by atoms with Gasteiger partial charge in [-0.05, 0) is 24.3 Å². The molecule has 1 amide bonds. The zero-order chi connectivity index (χ0) is 13.1. The van der Waals surface area contributed by atoms with Gasteiger partial charge in [-0.3, -0.25) is 4.79 Å². The highest BCUT2D eigenvalue weighted by Crippen LogP contribution is 2.19. The number of para-hydroxylation sites is 2. The second kappa shape index (κ2) is 5.02. The topological polar surface area (TPSA) is 50.4 Å². The van der Waals surface area contributed by atoms with Gasteiger partial charge in [-0.2, -0.15) is 0 Å². The van der Waals surface area contributed by atoms with Crippen LogP contribution in [-0.4, -0.2) is 18.7 Å². The van der Waals surface area contributed by atoms with Crippen LogP contribution in [0.3, 0.4) is 0 Å². The average molecular weight is 254 g/mol. The molecule has 3 rings (SSSR count). The number of anilines is 1. The highest BCUT2D eigenvalue weighted by atomic mass is 16.5. The van der Waals surface area contributed by atoms with E-state index in [1.165, 1.54) is 0 Å². The molecule has 1 aliphatic rings. The van der Waals surface area contributed by atoms with Crippen LogP contribution >= 0.6 is 0 Å². The van der Waals surface area contributed by atoms with E-state index in [2.05, 4.69) is 10.6 Å². The van der Waals surface area contributed by atoms with Gasteiger partial charge in [0.15, 0.2) is 0 Å². The lowest BCUT2D eigenvalue weighted by atomic mass is 10.1. The summed E-state index contributed by atoms with van der Waals surface area (Å²) in [7, 11) is 0. The van der Waals surface area contributed by atoms with E-state index in [0.29, 0.717) is 12.2 Å². The fraction of sp³-hybridized carbons (Fsp3) is 0.133. The van der Waals surface area contributed by atoms with Gasteiger partial charge in [0.25, 0.3) is 5.91 Å². The first kappa shape index (κ1) is 11.6. The number of hydrogen-bond donors (Lipinski definition) is 2. The van der Waals surface area contributed by atoms with Crippen molar-refractivity contribution in [3.8, 4) is 5.75 Å². The van der Waals surface area contributed by atoms with Crippen LogP contribution in [0.25, 0.3) is 0 Å². The first-order valence-corrected chi connectivity index (χ1v) is 6.17. The second-order valence-electron chi connectivity index (χ2n) is 4.34. The van der Waals surface area contributed by atoms with Gasteiger partial charge in [0.05, 0.1) is 5.56 Å². The Morgan fingerprint density at radius 3 is 2.53 bits per heavy atom. The largest absolute Gasteiger partial charge is 0.489 e. The minimum Gasteiger partial charge on any atom is -0.489 e. The number of ether oxygens (including phenoxy) is 1. The maximum atomic E-state index is 11.9. The number of benzene rings is 2. The number of fused-ring (bicyclic) bond motifs is 1. The predicted molar refractivity (Wildman–Crippen MR) is 73.3 cm³/mol. The highest BCUT2D eigenvalue weighted by molar-refractivity contribution is 6.01. The van der Waals surface area contributed by atoms with Crippen LogP contribution in [-0.2, 0) is 0 Å². The number of amides is 1. The smallest absolute Gasteiger partial charge is 0.255 e. The van der Waals surface area contributed by atoms with Crippen LogP contribution in [0.5, 0.6) is 5.75 Å². The van der Waals surface area contributed by atoms with Crippen molar-refractivity contribution in [3.05, 3.63) is 60.2 Å². The molecule has 4 nitrogen and oxygen atoms in total. The number of hydrogen-bond acceptors (Lipinski definition) is 3. The molecule has 0 aliphatic carbocycles. The van der Waals surface area contributed by atoms with E-state index in [0.717, 1.165) is 11.4 Å². The zero-order valence-electron chi connectivity index (χ0n) is 10.3. The zero-order valence-corrected chi connectivity index (χ0v) is 10.3. The molecule has 96 valence electrons. The summed E-state index contributed by atoms with van der Waals surface area (Å²) < 4.78 is 5.63. The number of nitrogens with one attached hydrogen (secondary N) is 2. The number of carbonyl (C=O) groups excluding carboxylic acids is 1. The molecule has 0 bridgehead atoms. The molecule has 1 aliphatic heterocycles. The van der Waals surface area contributed by atoms with Crippen LogP contribution in [0.15, 0.2) is 54.6 Å². The maximum Gasteiger partial charge on any atom is 0.255 e. The van der Waals surface area contributed by atoms with E-state index in [1.807, 2.05) is 48.5 Å². The molecular formula is C15H14N2O2. The molecule has 0 saturated carbocycles. The van der Waals surface area contributed by atoms with E-state index in [9.17, 15) is 4.79 Å². The van der Waals surface area contributed by atoms with Crippen LogP contribution in [0.2, 0.25) is 0 Å². The van der Waals surface area contributed by atoms with Crippen molar-refractivity contribution < 1.29 is 9.53 Å². The van der Waals surface area contributed by atoms with Crippen molar-refractivity contribution in [2.24, 2.45) is 0 Å². The summed E-state index contributed by atoms with van der Waals surface area (Å²) in [6, 6.07) is 17.0. The molecule has 0 saturated heterocycles. The predicted octanol–water partition coefficient (Wildman–Crippen LogP) is 2.25. The van der Waals surface area contributed by atoms with Crippen LogP contribution in [0.4, 0.5) is 5.69 Å². The molecule has 4 heteroatoms. The van der Waals surface area contributed by atoms with Crippen molar-refractivity contribution >= 4 is 11.6 Å². The molecule has 19 heavy (non-hydrogen) atoms. The van der Waals surface area contributed by atoms with E-state index >= 15 is 0 Å². The van der Waals surface area contributed by atoms with Gasteiger partial charge in [-0.25, -0.2) is 0 Å². The molecular weight excluding hydrogens is 240 g/mol. The Kier molecular flexibility index (Phi) is 3.06. The highest BCUT2D eigenvalue weighted by Gasteiger charge is 2.23. The van der Waals surface area contributed by atoms with Crippen LogP contribution in [0, 0.1) is 0 Å². The van der Waals surface area contributed by atoms with Crippen molar-refractivity contribution in [2.45, 2.75) is 6.17 Å². The van der Waals surface area contributed by atoms with E-state index in [1.54, 1.807) is 6.07 Å². The van der Waals surface area contributed by atoms with Gasteiger partial charge in [-0.1, -0.05) is 30.3 Å². The van der Waals surface area contributed by atoms with Gasteiger partial charge < -0.3 is 15.4 Å². The summed E-state index contributed by atoms with van der Waals surface area (Å²) >= 11 is 0. The van der Waals surface area contributed by atoms with Gasteiger partial charge >= 0.3 is 0 Å². The first-order chi connectivity index (χ1) is 9.33. The molecule has 1 heterocycles. The van der Waals surface area contributed by atoms with E-state index in [4.69, 9.17) is 4.74 Å². The molecule has 0 fully saturated rings. The Labute approximate surface area is 111 Å². The maximum absolute atomic E-state index is 11.9. The number of carbonyl (C=O) groups is 1. The minimum absolute atomic E-state index is 0.0731. The lowest BCUT2D eigenvalue weighted by molar-refractivity contribution is 0.0922. The second-order valence-corrected chi connectivity index (χ2v) is 4.34. The van der Waals surface area contributed by atoms with Gasteiger partial charge in [0, 0.05) is 5.69 Å². The molecule has 2 aromatic carbocycles. The molecule has 0 spiro atoms. The monoisotopic (exact) mass is 254 g/mol. The average Bonchev–Trinajstić information content (AvgIpc) is 2.46. The summed E-state index contributed by atoms with van der Waals surface area (Å²) in [4.78, 5) is 11.9. The Morgan fingerprint density at radius 1 is 0.947 bits per heavy atom.